The third kappa shape index (κ3) is 2.40. The molecule has 3 aromatic rings. The van der Waals surface area contributed by atoms with E-state index in [0.717, 1.165) is 13.0 Å². The number of aromatic nitrogens is 1. The molecule has 4 rings (SSSR count). The fourth-order valence-corrected chi connectivity index (χ4v) is 3.74. The monoisotopic (exact) mass is 302 g/mol. The highest BCUT2D eigenvalue weighted by atomic mass is 15.0. The average Bonchev–Trinajstić information content (AvgIpc) is 2.89. The van der Waals surface area contributed by atoms with Gasteiger partial charge < -0.3 is 9.88 Å². The molecule has 0 saturated carbocycles. The van der Waals surface area contributed by atoms with Crippen LogP contribution in [0.1, 0.15) is 30.7 Å². The minimum Gasteiger partial charge on any atom is -0.320 e. The number of hydrogen-bond donors (Lipinski definition) is 1. The van der Waals surface area contributed by atoms with Crippen LogP contribution in [0.5, 0.6) is 0 Å². The second kappa shape index (κ2) is 5.39. The molecule has 0 radical (unpaired) electrons. The van der Waals surface area contributed by atoms with Crippen molar-refractivity contribution in [2.75, 3.05) is 6.54 Å². The first-order chi connectivity index (χ1) is 11.2. The Labute approximate surface area is 137 Å². The van der Waals surface area contributed by atoms with Crippen LogP contribution in [0.25, 0.3) is 23.2 Å². The predicted molar refractivity (Wildman–Crippen MR) is 98.3 cm³/mol. The number of para-hydroxylation sites is 1. The first-order valence-electron chi connectivity index (χ1n) is 8.27. The zero-order chi connectivity index (χ0) is 15.9. The van der Waals surface area contributed by atoms with E-state index in [1.54, 1.807) is 0 Å². The van der Waals surface area contributed by atoms with Crippen molar-refractivity contribution in [1.29, 1.82) is 0 Å². The van der Waals surface area contributed by atoms with Crippen molar-refractivity contribution < 1.29 is 0 Å². The van der Waals surface area contributed by atoms with Gasteiger partial charge in [-0.2, -0.15) is 0 Å². The summed E-state index contributed by atoms with van der Waals surface area (Å²) in [6.07, 6.45) is 5.48. The molecule has 0 saturated heterocycles. The lowest BCUT2D eigenvalue weighted by atomic mass is 9.87. The smallest absolute Gasteiger partial charge is 0.0528 e. The first-order valence-corrected chi connectivity index (χ1v) is 8.27. The van der Waals surface area contributed by atoms with Gasteiger partial charge in [-0.1, -0.05) is 48.5 Å². The van der Waals surface area contributed by atoms with Gasteiger partial charge in [0.25, 0.3) is 0 Å². The summed E-state index contributed by atoms with van der Waals surface area (Å²) in [5, 5.41) is 5.02. The molecule has 0 amide bonds. The third-order valence-electron chi connectivity index (χ3n) is 4.78. The number of nitrogens with zero attached hydrogens (tertiary/aromatic N) is 1. The molecule has 1 aliphatic heterocycles. The fraction of sp³-hybridized carbons (Fsp3) is 0.238. The van der Waals surface area contributed by atoms with Gasteiger partial charge in [0, 0.05) is 41.3 Å². The molecule has 23 heavy (non-hydrogen) atoms. The van der Waals surface area contributed by atoms with Crippen molar-refractivity contribution in [3.63, 3.8) is 0 Å². The topological polar surface area (TPSA) is 17.0 Å². The molecule has 116 valence electrons. The highest BCUT2D eigenvalue weighted by Gasteiger charge is 2.31. The molecule has 2 heteroatoms. The van der Waals surface area contributed by atoms with E-state index in [9.17, 15) is 0 Å². The van der Waals surface area contributed by atoms with Gasteiger partial charge in [-0.15, -0.1) is 0 Å². The SMILES string of the molecule is CC1(C)NCCc2c1c1ccccc1n2C=Cc1ccccc1. The van der Waals surface area contributed by atoms with Gasteiger partial charge in [0.2, 0.25) is 0 Å². The normalized spacial score (nSPS) is 16.8. The Morgan fingerprint density at radius 3 is 2.57 bits per heavy atom. The predicted octanol–water partition coefficient (Wildman–Crippen LogP) is 4.65. The summed E-state index contributed by atoms with van der Waals surface area (Å²) in [5.41, 5.74) is 5.41. The molecule has 0 fully saturated rings. The molecule has 0 unspecified atom stereocenters. The summed E-state index contributed by atoms with van der Waals surface area (Å²) >= 11 is 0. The van der Waals surface area contributed by atoms with Crippen LogP contribution >= 0.6 is 0 Å². The van der Waals surface area contributed by atoms with Crippen LogP contribution in [0.2, 0.25) is 0 Å². The number of nitrogens with one attached hydrogen (secondary N) is 1. The molecule has 1 aromatic heterocycles. The van der Waals surface area contributed by atoms with Crippen LogP contribution in [0.3, 0.4) is 0 Å². The Balaban J connectivity index is 1.92. The van der Waals surface area contributed by atoms with Crippen molar-refractivity contribution in [3.8, 4) is 0 Å². The zero-order valence-corrected chi connectivity index (χ0v) is 13.7. The standard InChI is InChI=1S/C21H22N2/c1-21(2)20-17-10-6-7-11-18(17)23(19(20)12-14-22-21)15-13-16-8-4-3-5-9-16/h3-11,13,15,22H,12,14H2,1-2H3. The zero-order valence-electron chi connectivity index (χ0n) is 13.7. The van der Waals surface area contributed by atoms with Gasteiger partial charge in [-0.3, -0.25) is 0 Å². The fourth-order valence-electron chi connectivity index (χ4n) is 3.74. The lowest BCUT2D eigenvalue weighted by Crippen LogP contribution is -2.42. The van der Waals surface area contributed by atoms with Crippen LogP contribution in [-0.2, 0) is 12.0 Å². The molecule has 0 atom stereocenters. The van der Waals surface area contributed by atoms with E-state index < -0.39 is 0 Å². The molecule has 2 heterocycles. The summed E-state index contributed by atoms with van der Waals surface area (Å²) in [6, 6.07) is 19.2. The summed E-state index contributed by atoms with van der Waals surface area (Å²) in [7, 11) is 0. The molecule has 0 aliphatic carbocycles. The first kappa shape index (κ1) is 14.3. The Morgan fingerprint density at radius 2 is 1.74 bits per heavy atom. The number of benzene rings is 2. The maximum absolute atomic E-state index is 3.66. The maximum Gasteiger partial charge on any atom is 0.0528 e. The van der Waals surface area contributed by atoms with Crippen molar-refractivity contribution in [3.05, 3.63) is 71.4 Å². The molecule has 1 aliphatic rings. The van der Waals surface area contributed by atoms with Crippen molar-refractivity contribution in [1.82, 2.24) is 9.88 Å². The van der Waals surface area contributed by atoms with Gasteiger partial charge in [-0.25, -0.2) is 0 Å². The molecule has 1 N–H and O–H groups in total. The summed E-state index contributed by atoms with van der Waals surface area (Å²) in [5.74, 6) is 0. The van der Waals surface area contributed by atoms with E-state index in [1.165, 1.54) is 27.7 Å². The number of fused-ring (bicyclic) bond motifs is 3. The van der Waals surface area contributed by atoms with Crippen LogP contribution in [-0.4, -0.2) is 11.1 Å². The summed E-state index contributed by atoms with van der Waals surface area (Å²) in [4.78, 5) is 0. The van der Waals surface area contributed by atoms with E-state index in [4.69, 9.17) is 0 Å². The minimum absolute atomic E-state index is 0.0129. The Kier molecular flexibility index (Phi) is 3.35. The minimum atomic E-state index is 0.0129. The van der Waals surface area contributed by atoms with Crippen molar-refractivity contribution in [2.45, 2.75) is 25.8 Å². The second-order valence-electron chi connectivity index (χ2n) is 6.74. The Morgan fingerprint density at radius 1 is 1.00 bits per heavy atom. The summed E-state index contributed by atoms with van der Waals surface area (Å²) in [6.45, 7) is 5.58. The van der Waals surface area contributed by atoms with Gasteiger partial charge in [0.1, 0.15) is 0 Å². The van der Waals surface area contributed by atoms with Crippen LogP contribution < -0.4 is 5.32 Å². The lowest BCUT2D eigenvalue weighted by molar-refractivity contribution is 0.382. The molecule has 2 nitrogen and oxygen atoms in total. The average molecular weight is 302 g/mol. The second-order valence-corrected chi connectivity index (χ2v) is 6.74. The van der Waals surface area contributed by atoms with Crippen molar-refractivity contribution in [2.24, 2.45) is 0 Å². The lowest BCUT2D eigenvalue weighted by Gasteiger charge is -2.32. The van der Waals surface area contributed by atoms with Crippen LogP contribution in [0, 0.1) is 0 Å². The molecular formula is C21H22N2. The van der Waals surface area contributed by atoms with E-state index in [2.05, 4.69) is 90.6 Å². The Bertz CT molecular complexity index is 869. The van der Waals surface area contributed by atoms with Gasteiger partial charge in [0.15, 0.2) is 0 Å². The number of rotatable bonds is 2. The largest absolute Gasteiger partial charge is 0.320 e. The maximum atomic E-state index is 3.66. The quantitative estimate of drug-likeness (QED) is 0.729. The Hall–Kier alpha value is -2.32. The third-order valence-corrected chi connectivity index (χ3v) is 4.78. The highest BCUT2D eigenvalue weighted by molar-refractivity contribution is 5.89. The van der Waals surface area contributed by atoms with Crippen LogP contribution in [0.15, 0.2) is 54.6 Å². The van der Waals surface area contributed by atoms with Crippen LogP contribution in [0.4, 0.5) is 0 Å². The molecule has 0 spiro atoms. The van der Waals surface area contributed by atoms with E-state index in [1.807, 2.05) is 0 Å². The van der Waals surface area contributed by atoms with Crippen molar-refractivity contribution >= 4 is 23.2 Å². The van der Waals surface area contributed by atoms with Gasteiger partial charge in [0.05, 0.1) is 5.52 Å². The van der Waals surface area contributed by atoms with Gasteiger partial charge >= 0.3 is 0 Å². The molecule has 2 aromatic carbocycles. The molecular weight excluding hydrogens is 280 g/mol. The van der Waals surface area contributed by atoms with E-state index in [0.29, 0.717) is 0 Å². The summed E-state index contributed by atoms with van der Waals surface area (Å²) < 4.78 is 2.38. The number of hydrogen-bond acceptors (Lipinski definition) is 1. The van der Waals surface area contributed by atoms with E-state index >= 15 is 0 Å². The molecule has 0 bridgehead atoms. The van der Waals surface area contributed by atoms with E-state index in [-0.39, 0.29) is 5.54 Å². The highest BCUT2D eigenvalue weighted by Crippen LogP contribution is 2.37. The van der Waals surface area contributed by atoms with Gasteiger partial charge in [-0.05, 0) is 31.6 Å².